The summed E-state index contributed by atoms with van der Waals surface area (Å²) in [4.78, 5) is 11.6. The van der Waals surface area contributed by atoms with E-state index in [1.54, 1.807) is 19.2 Å². The van der Waals surface area contributed by atoms with Gasteiger partial charge in [-0.1, -0.05) is 0 Å². The highest BCUT2D eigenvalue weighted by Crippen LogP contribution is 2.39. The summed E-state index contributed by atoms with van der Waals surface area (Å²) in [5.41, 5.74) is 7.07. The van der Waals surface area contributed by atoms with Gasteiger partial charge in [0.2, 0.25) is 0 Å². The van der Waals surface area contributed by atoms with Crippen LogP contribution in [0.15, 0.2) is 36.2 Å². The standard InChI is InChI=1S/C22H28N8/c1-14(24)8-20(25)28-21-11-19-18(4-2-6-26-19)22(29-21)27-17-9-15-12-30(7-3-5-23)13-16(15)10-17/h2,4,6,8,11,15-17H,3,7,9-10,12-13,24H2,1H3,(H3,25,27,28,29)/b14-8-/t15-,16+,17?. The second kappa shape index (κ2) is 8.67. The molecular formula is C22H28N8. The van der Waals surface area contributed by atoms with E-state index in [0.29, 0.717) is 35.8 Å². The highest BCUT2D eigenvalue weighted by molar-refractivity contribution is 6.02. The van der Waals surface area contributed by atoms with E-state index in [-0.39, 0.29) is 5.84 Å². The molecule has 1 saturated carbocycles. The molecule has 2 fully saturated rings. The van der Waals surface area contributed by atoms with Crippen LogP contribution in [0.5, 0.6) is 0 Å². The van der Waals surface area contributed by atoms with Crippen molar-refractivity contribution in [3.8, 4) is 6.07 Å². The average Bonchev–Trinajstić information content (AvgIpc) is 3.23. The number of amidine groups is 1. The summed E-state index contributed by atoms with van der Waals surface area (Å²) >= 11 is 0. The molecule has 3 heterocycles. The van der Waals surface area contributed by atoms with Crippen molar-refractivity contribution in [3.63, 3.8) is 0 Å². The summed E-state index contributed by atoms with van der Waals surface area (Å²) in [6.45, 7) is 4.81. The number of nitrogens with zero attached hydrogens (tertiary/aromatic N) is 4. The Kier molecular flexibility index (Phi) is 5.81. The summed E-state index contributed by atoms with van der Waals surface area (Å²) < 4.78 is 0. The minimum absolute atomic E-state index is 0.191. The lowest BCUT2D eigenvalue weighted by molar-refractivity contribution is 0.316. The lowest BCUT2D eigenvalue weighted by Crippen LogP contribution is -2.26. The molecule has 0 bridgehead atoms. The second-order valence-corrected chi connectivity index (χ2v) is 8.35. The third-order valence-electron chi connectivity index (χ3n) is 5.94. The lowest BCUT2D eigenvalue weighted by Gasteiger charge is -2.20. The number of likely N-dealkylation sites (tertiary alicyclic amines) is 1. The molecule has 1 aliphatic heterocycles. The van der Waals surface area contributed by atoms with E-state index in [2.05, 4.69) is 26.6 Å². The molecule has 1 aliphatic carbocycles. The average molecular weight is 405 g/mol. The molecule has 0 radical (unpaired) electrons. The molecule has 3 atom stereocenters. The summed E-state index contributed by atoms with van der Waals surface area (Å²) in [5.74, 6) is 2.93. The second-order valence-electron chi connectivity index (χ2n) is 8.35. The number of rotatable bonds is 6. The molecule has 8 nitrogen and oxygen atoms in total. The van der Waals surface area contributed by atoms with E-state index in [4.69, 9.17) is 21.4 Å². The highest BCUT2D eigenvalue weighted by Gasteiger charge is 2.40. The smallest absolute Gasteiger partial charge is 0.138 e. The Morgan fingerprint density at radius 2 is 2.17 bits per heavy atom. The molecule has 0 amide bonds. The van der Waals surface area contributed by atoms with Crippen LogP contribution >= 0.6 is 0 Å². The predicted molar refractivity (Wildman–Crippen MR) is 119 cm³/mol. The number of fused-ring (bicyclic) bond motifs is 2. The largest absolute Gasteiger partial charge is 0.402 e. The van der Waals surface area contributed by atoms with Crippen LogP contribution in [0.4, 0.5) is 11.6 Å². The zero-order chi connectivity index (χ0) is 21.1. The van der Waals surface area contributed by atoms with Crippen molar-refractivity contribution in [3.05, 3.63) is 36.2 Å². The Morgan fingerprint density at radius 1 is 1.40 bits per heavy atom. The van der Waals surface area contributed by atoms with E-state index in [0.717, 1.165) is 49.2 Å². The van der Waals surface area contributed by atoms with E-state index < -0.39 is 0 Å². The molecule has 30 heavy (non-hydrogen) atoms. The van der Waals surface area contributed by atoms with Gasteiger partial charge < -0.3 is 21.3 Å². The van der Waals surface area contributed by atoms with Crippen molar-refractivity contribution in [2.75, 3.05) is 30.3 Å². The zero-order valence-corrected chi connectivity index (χ0v) is 17.2. The Hall–Kier alpha value is -3.18. The van der Waals surface area contributed by atoms with Crippen LogP contribution in [0.3, 0.4) is 0 Å². The fourth-order valence-electron chi connectivity index (χ4n) is 4.75. The Labute approximate surface area is 176 Å². The Morgan fingerprint density at radius 3 is 2.87 bits per heavy atom. The third-order valence-corrected chi connectivity index (χ3v) is 5.94. The first-order valence-electron chi connectivity index (χ1n) is 10.4. The molecule has 1 saturated heterocycles. The molecule has 1 unspecified atom stereocenters. The maximum absolute atomic E-state index is 8.82. The fourth-order valence-corrected chi connectivity index (χ4v) is 4.75. The molecule has 5 N–H and O–H groups in total. The number of nitrogens with two attached hydrogens (primary N) is 1. The van der Waals surface area contributed by atoms with Gasteiger partial charge in [0.25, 0.3) is 0 Å². The maximum Gasteiger partial charge on any atom is 0.138 e. The molecule has 2 aliphatic rings. The van der Waals surface area contributed by atoms with E-state index in [9.17, 15) is 0 Å². The van der Waals surface area contributed by atoms with Gasteiger partial charge in [0.05, 0.1) is 11.6 Å². The van der Waals surface area contributed by atoms with Crippen molar-refractivity contribution in [2.45, 2.75) is 32.2 Å². The fraction of sp³-hybridized carbons (Fsp3) is 0.455. The lowest BCUT2D eigenvalue weighted by atomic mass is 10.0. The van der Waals surface area contributed by atoms with Gasteiger partial charge in [-0.3, -0.25) is 10.4 Å². The van der Waals surface area contributed by atoms with Crippen LogP contribution in [0.25, 0.3) is 10.9 Å². The molecule has 0 spiro atoms. The molecule has 8 heteroatoms. The van der Waals surface area contributed by atoms with Crippen molar-refractivity contribution in [1.82, 2.24) is 14.9 Å². The van der Waals surface area contributed by atoms with Gasteiger partial charge in [0.1, 0.15) is 17.5 Å². The summed E-state index contributed by atoms with van der Waals surface area (Å²) in [6, 6.07) is 8.41. The van der Waals surface area contributed by atoms with Crippen LogP contribution in [0.2, 0.25) is 0 Å². The topological polar surface area (TPSA) is 127 Å². The number of aromatic nitrogens is 2. The van der Waals surface area contributed by atoms with Gasteiger partial charge in [0, 0.05) is 55.4 Å². The SMILES string of the molecule is C/C(N)=C/C(=N)Nc1cc2ncccc2c(NC2C[C@@H]3CN(CCC#N)C[C@@H]3C2)n1. The molecular weight excluding hydrogens is 376 g/mol. The maximum atomic E-state index is 8.82. The van der Waals surface area contributed by atoms with Gasteiger partial charge in [-0.15, -0.1) is 0 Å². The van der Waals surface area contributed by atoms with Crippen molar-refractivity contribution in [1.29, 1.82) is 10.7 Å². The van der Waals surface area contributed by atoms with E-state index >= 15 is 0 Å². The summed E-state index contributed by atoms with van der Waals surface area (Å²) in [7, 11) is 0. The first kappa shape index (κ1) is 20.1. The zero-order valence-electron chi connectivity index (χ0n) is 17.2. The number of nitriles is 1. The summed E-state index contributed by atoms with van der Waals surface area (Å²) in [6.07, 6.45) is 6.16. The van der Waals surface area contributed by atoms with Gasteiger partial charge in [-0.2, -0.15) is 5.26 Å². The minimum atomic E-state index is 0.191. The molecule has 4 rings (SSSR count). The van der Waals surface area contributed by atoms with Crippen molar-refractivity contribution < 1.29 is 0 Å². The van der Waals surface area contributed by atoms with E-state index in [1.807, 2.05) is 18.2 Å². The number of hydrogen-bond acceptors (Lipinski definition) is 7. The molecule has 156 valence electrons. The molecule has 2 aromatic rings. The first-order valence-corrected chi connectivity index (χ1v) is 10.4. The number of anilines is 2. The van der Waals surface area contributed by atoms with Crippen LogP contribution in [-0.4, -0.2) is 46.4 Å². The van der Waals surface area contributed by atoms with Crippen LogP contribution in [-0.2, 0) is 0 Å². The van der Waals surface area contributed by atoms with Crippen LogP contribution in [0.1, 0.15) is 26.2 Å². The van der Waals surface area contributed by atoms with Gasteiger partial charge >= 0.3 is 0 Å². The number of hydrogen-bond donors (Lipinski definition) is 4. The number of allylic oxidation sites excluding steroid dienone is 1. The normalized spacial score (nSPS) is 23.9. The van der Waals surface area contributed by atoms with Gasteiger partial charge in [-0.05, 0) is 49.8 Å². The first-order chi connectivity index (χ1) is 14.5. The van der Waals surface area contributed by atoms with Crippen molar-refractivity contribution in [2.24, 2.45) is 17.6 Å². The van der Waals surface area contributed by atoms with Crippen LogP contribution < -0.4 is 16.4 Å². The molecule has 0 aromatic carbocycles. The summed E-state index contributed by atoms with van der Waals surface area (Å²) in [5, 5.41) is 24.5. The van der Waals surface area contributed by atoms with Crippen LogP contribution in [0, 0.1) is 28.6 Å². The molecule has 2 aromatic heterocycles. The number of pyridine rings is 2. The van der Waals surface area contributed by atoms with Crippen molar-refractivity contribution >= 4 is 28.4 Å². The minimum Gasteiger partial charge on any atom is -0.402 e. The van der Waals surface area contributed by atoms with E-state index in [1.165, 1.54) is 0 Å². The highest BCUT2D eigenvalue weighted by atomic mass is 15.2. The third kappa shape index (κ3) is 4.52. The Balaban J connectivity index is 1.48. The number of nitrogens with one attached hydrogen (secondary N) is 3. The predicted octanol–water partition coefficient (Wildman–Crippen LogP) is 2.92. The quantitative estimate of drug-likeness (QED) is 0.431. The monoisotopic (exact) mass is 404 g/mol. The van der Waals surface area contributed by atoms with Gasteiger partial charge in [-0.25, -0.2) is 4.98 Å². The Bertz CT molecular complexity index is 990. The van der Waals surface area contributed by atoms with Gasteiger partial charge in [0.15, 0.2) is 0 Å².